The van der Waals surface area contributed by atoms with Gasteiger partial charge in [0.2, 0.25) is 10.0 Å². The molecule has 0 aromatic carbocycles. The highest BCUT2D eigenvalue weighted by molar-refractivity contribution is 7.89. The summed E-state index contributed by atoms with van der Waals surface area (Å²) in [6.07, 6.45) is 5.61. The average Bonchev–Trinajstić information content (AvgIpc) is 2.96. The minimum Gasteiger partial charge on any atom is -0.363 e. The second-order valence-electron chi connectivity index (χ2n) is 5.23. The molecule has 2 aromatic rings. The van der Waals surface area contributed by atoms with Crippen LogP contribution < -0.4 is 10.0 Å². The summed E-state index contributed by atoms with van der Waals surface area (Å²) in [5.41, 5.74) is 0.879. The van der Waals surface area contributed by atoms with E-state index in [1.807, 2.05) is 5.38 Å². The largest absolute Gasteiger partial charge is 0.363 e. The standard InChI is InChI=1S/C13H18N4O2S2/c1-9(13-14-4-5-20-13)17-21(18,19)12-6-11(16-8-12)7-15-10-2-3-10/h4-6,8-10,15-17H,2-3,7H2,1H3. The highest BCUT2D eigenvalue weighted by Gasteiger charge is 2.22. The number of hydrogen-bond acceptors (Lipinski definition) is 5. The molecule has 1 aliphatic carbocycles. The van der Waals surface area contributed by atoms with E-state index in [-0.39, 0.29) is 10.9 Å². The summed E-state index contributed by atoms with van der Waals surface area (Å²) in [4.78, 5) is 7.40. The predicted molar refractivity (Wildman–Crippen MR) is 81.5 cm³/mol. The Balaban J connectivity index is 1.66. The third-order valence-corrected chi connectivity index (χ3v) is 5.82. The van der Waals surface area contributed by atoms with Gasteiger partial charge in [0.1, 0.15) is 5.01 Å². The highest BCUT2D eigenvalue weighted by atomic mass is 32.2. The quantitative estimate of drug-likeness (QED) is 0.723. The zero-order valence-electron chi connectivity index (χ0n) is 11.7. The lowest BCUT2D eigenvalue weighted by Crippen LogP contribution is -2.26. The molecule has 0 bridgehead atoms. The van der Waals surface area contributed by atoms with Crippen molar-refractivity contribution in [2.75, 3.05) is 0 Å². The van der Waals surface area contributed by atoms with Crippen molar-refractivity contribution in [3.63, 3.8) is 0 Å². The normalized spacial score (nSPS) is 17.0. The van der Waals surface area contributed by atoms with Gasteiger partial charge in [-0.1, -0.05) is 0 Å². The molecule has 0 spiro atoms. The van der Waals surface area contributed by atoms with Crippen molar-refractivity contribution in [1.29, 1.82) is 0 Å². The first-order valence-electron chi connectivity index (χ1n) is 6.87. The lowest BCUT2D eigenvalue weighted by atomic mass is 10.4. The van der Waals surface area contributed by atoms with E-state index in [1.165, 1.54) is 30.4 Å². The topological polar surface area (TPSA) is 86.9 Å². The Morgan fingerprint density at radius 1 is 1.52 bits per heavy atom. The summed E-state index contributed by atoms with van der Waals surface area (Å²) < 4.78 is 27.3. The maximum atomic E-state index is 12.3. The van der Waals surface area contributed by atoms with E-state index in [0.717, 1.165) is 10.7 Å². The van der Waals surface area contributed by atoms with Gasteiger partial charge in [0.15, 0.2) is 0 Å². The van der Waals surface area contributed by atoms with E-state index >= 15 is 0 Å². The van der Waals surface area contributed by atoms with Gasteiger partial charge < -0.3 is 10.3 Å². The number of sulfonamides is 1. The Morgan fingerprint density at radius 3 is 3.00 bits per heavy atom. The summed E-state index contributed by atoms with van der Waals surface area (Å²) >= 11 is 1.43. The van der Waals surface area contributed by atoms with Crippen LogP contribution in [0.4, 0.5) is 0 Å². The first kappa shape index (κ1) is 14.7. The second-order valence-corrected chi connectivity index (χ2v) is 7.87. The molecule has 3 N–H and O–H groups in total. The van der Waals surface area contributed by atoms with E-state index in [2.05, 4.69) is 20.0 Å². The molecule has 0 radical (unpaired) electrons. The van der Waals surface area contributed by atoms with Gasteiger partial charge in [0.25, 0.3) is 0 Å². The molecule has 1 fully saturated rings. The smallest absolute Gasteiger partial charge is 0.242 e. The lowest BCUT2D eigenvalue weighted by molar-refractivity contribution is 0.566. The molecular weight excluding hydrogens is 308 g/mol. The molecule has 2 heterocycles. The summed E-state index contributed by atoms with van der Waals surface area (Å²) in [6.45, 7) is 2.46. The van der Waals surface area contributed by atoms with Crippen molar-refractivity contribution in [2.45, 2.75) is 43.3 Å². The van der Waals surface area contributed by atoms with Crippen LogP contribution in [0.15, 0.2) is 28.7 Å². The maximum Gasteiger partial charge on any atom is 0.242 e. The van der Waals surface area contributed by atoms with Crippen LogP contribution in [0.2, 0.25) is 0 Å². The third kappa shape index (κ3) is 3.70. The minimum absolute atomic E-state index is 0.263. The first-order chi connectivity index (χ1) is 10.0. The number of nitrogens with one attached hydrogen (secondary N) is 3. The number of hydrogen-bond donors (Lipinski definition) is 3. The Hall–Kier alpha value is -1.22. The zero-order chi connectivity index (χ0) is 14.9. The van der Waals surface area contributed by atoms with Crippen LogP contribution >= 0.6 is 11.3 Å². The zero-order valence-corrected chi connectivity index (χ0v) is 13.3. The molecule has 114 valence electrons. The summed E-state index contributed by atoms with van der Waals surface area (Å²) in [6, 6.07) is 1.93. The monoisotopic (exact) mass is 326 g/mol. The van der Waals surface area contributed by atoms with Crippen molar-refractivity contribution in [3.8, 4) is 0 Å². The molecule has 1 saturated carbocycles. The number of H-pyrrole nitrogens is 1. The second kappa shape index (κ2) is 5.88. The van der Waals surface area contributed by atoms with Crippen LogP contribution in [0, 0.1) is 0 Å². The van der Waals surface area contributed by atoms with Crippen LogP contribution in [0.25, 0.3) is 0 Å². The lowest BCUT2D eigenvalue weighted by Gasteiger charge is -2.10. The number of aromatic amines is 1. The molecular formula is C13H18N4O2S2. The molecule has 2 aromatic heterocycles. The molecule has 21 heavy (non-hydrogen) atoms. The molecule has 1 aliphatic rings. The van der Waals surface area contributed by atoms with Crippen LogP contribution in [0.3, 0.4) is 0 Å². The van der Waals surface area contributed by atoms with Crippen LogP contribution in [0.1, 0.15) is 36.5 Å². The average molecular weight is 326 g/mol. The minimum atomic E-state index is -3.53. The fourth-order valence-corrected chi connectivity index (χ4v) is 3.96. The number of rotatable bonds is 7. The third-order valence-electron chi connectivity index (χ3n) is 3.34. The van der Waals surface area contributed by atoms with E-state index < -0.39 is 10.0 Å². The van der Waals surface area contributed by atoms with Crippen molar-refractivity contribution in [3.05, 3.63) is 34.5 Å². The Morgan fingerprint density at radius 2 is 2.33 bits per heavy atom. The SMILES string of the molecule is CC(NS(=O)(=O)c1c[nH]c(CNC2CC2)c1)c1nccs1. The van der Waals surface area contributed by atoms with Gasteiger partial charge in [0.05, 0.1) is 10.9 Å². The number of thiazole rings is 1. The van der Waals surface area contributed by atoms with Crippen LogP contribution in [-0.4, -0.2) is 24.4 Å². The molecule has 3 rings (SSSR count). The molecule has 8 heteroatoms. The van der Waals surface area contributed by atoms with E-state index in [0.29, 0.717) is 12.6 Å². The van der Waals surface area contributed by atoms with Crippen molar-refractivity contribution in [2.24, 2.45) is 0 Å². The molecule has 6 nitrogen and oxygen atoms in total. The van der Waals surface area contributed by atoms with Gasteiger partial charge in [-0.3, -0.25) is 0 Å². The van der Waals surface area contributed by atoms with Crippen molar-refractivity contribution in [1.82, 2.24) is 20.0 Å². The van der Waals surface area contributed by atoms with Gasteiger partial charge in [-0.2, -0.15) is 0 Å². The summed E-state index contributed by atoms with van der Waals surface area (Å²) in [5, 5.41) is 5.93. The van der Waals surface area contributed by atoms with Crippen molar-refractivity contribution >= 4 is 21.4 Å². The van der Waals surface area contributed by atoms with Crippen LogP contribution in [0.5, 0.6) is 0 Å². The maximum absolute atomic E-state index is 12.3. The molecule has 0 aliphatic heterocycles. The fourth-order valence-electron chi connectivity index (χ4n) is 2.02. The molecule has 0 saturated heterocycles. The molecule has 1 unspecified atom stereocenters. The fraction of sp³-hybridized carbons (Fsp3) is 0.462. The number of nitrogens with zero attached hydrogens (tertiary/aromatic N) is 1. The van der Waals surface area contributed by atoms with E-state index in [1.54, 1.807) is 19.2 Å². The Kier molecular flexibility index (Phi) is 4.12. The van der Waals surface area contributed by atoms with Gasteiger partial charge in [-0.05, 0) is 25.8 Å². The first-order valence-corrected chi connectivity index (χ1v) is 9.23. The van der Waals surface area contributed by atoms with Gasteiger partial charge >= 0.3 is 0 Å². The summed E-state index contributed by atoms with van der Waals surface area (Å²) in [7, 11) is -3.53. The van der Waals surface area contributed by atoms with E-state index in [4.69, 9.17) is 0 Å². The van der Waals surface area contributed by atoms with Gasteiger partial charge in [0, 0.05) is 36.1 Å². The van der Waals surface area contributed by atoms with Crippen molar-refractivity contribution < 1.29 is 8.42 Å². The van der Waals surface area contributed by atoms with Crippen LogP contribution in [-0.2, 0) is 16.6 Å². The van der Waals surface area contributed by atoms with E-state index in [9.17, 15) is 8.42 Å². The van der Waals surface area contributed by atoms with Gasteiger partial charge in [-0.15, -0.1) is 11.3 Å². The Labute approximate surface area is 128 Å². The summed E-state index contributed by atoms with van der Waals surface area (Å²) in [5.74, 6) is 0. The molecule has 1 atom stereocenters. The Bertz CT molecular complexity index is 690. The number of aromatic nitrogens is 2. The highest BCUT2D eigenvalue weighted by Crippen LogP contribution is 2.21. The molecule has 0 amide bonds. The predicted octanol–water partition coefficient (Wildman–Crippen LogP) is 1.76. The van der Waals surface area contributed by atoms with Gasteiger partial charge in [-0.25, -0.2) is 18.1 Å².